The van der Waals surface area contributed by atoms with Crippen molar-refractivity contribution in [2.45, 2.75) is 58.5 Å². The summed E-state index contributed by atoms with van der Waals surface area (Å²) in [7, 11) is -5.31. The van der Waals surface area contributed by atoms with Gasteiger partial charge >= 0.3 is 71.1 Å². The van der Waals surface area contributed by atoms with E-state index in [0.29, 0.717) is 6.42 Å². The van der Waals surface area contributed by atoms with Gasteiger partial charge in [0, 0.05) is 12.3 Å². The minimum absolute atomic E-state index is 0. The monoisotopic (exact) mass is 552 g/mol. The van der Waals surface area contributed by atoms with Crippen molar-refractivity contribution in [3.63, 3.8) is 0 Å². The van der Waals surface area contributed by atoms with E-state index in [2.05, 4.69) is 94.3 Å². The van der Waals surface area contributed by atoms with E-state index < -0.39 is 39.1 Å². The number of carbonyl (C=O) groups excluding carboxylic acids is 2. The number of esters is 2. The summed E-state index contributed by atoms with van der Waals surface area (Å²) in [5.41, 5.74) is 0. The van der Waals surface area contributed by atoms with Crippen LogP contribution in [0.15, 0.2) is 0 Å². The molecule has 0 aromatic carbocycles. The van der Waals surface area contributed by atoms with Crippen molar-refractivity contribution in [1.29, 1.82) is 0 Å². The summed E-state index contributed by atoms with van der Waals surface area (Å²) in [6, 6.07) is 0. The Hall–Kier alpha value is -2.03. The molecule has 8 nitrogen and oxygen atoms in total. The summed E-state index contributed by atoms with van der Waals surface area (Å²) in [6.45, 7) is 2.37. The van der Waals surface area contributed by atoms with Gasteiger partial charge in [-0.15, -0.1) is 0 Å². The van der Waals surface area contributed by atoms with Crippen LogP contribution in [0.5, 0.6) is 0 Å². The Morgan fingerprint density at radius 1 is 0.763 bits per heavy atom. The number of unbranched alkanes of at least 4 members (excludes halogenated alkanes) is 4. The van der Waals surface area contributed by atoms with Gasteiger partial charge in [0.25, 0.3) is 0 Å². The van der Waals surface area contributed by atoms with Crippen LogP contribution in [0.2, 0.25) is 0 Å². The molecule has 0 amide bonds. The minimum atomic E-state index is -5.31. The quantitative estimate of drug-likeness (QED) is 0.0588. The first-order valence-corrected chi connectivity index (χ1v) is 12.2. The Morgan fingerprint density at radius 2 is 1.26 bits per heavy atom. The van der Waals surface area contributed by atoms with Crippen LogP contribution in [0, 0.1) is 82.9 Å². The van der Waals surface area contributed by atoms with Crippen LogP contribution < -0.4 is 68.9 Å². The summed E-state index contributed by atoms with van der Waals surface area (Å²) in [4.78, 5) is 45.0. The topological polar surface area (TPSA) is 125 Å². The molecule has 0 aliphatic heterocycles. The van der Waals surface area contributed by atoms with E-state index in [4.69, 9.17) is 9.47 Å². The second kappa shape index (κ2) is 28.0. The van der Waals surface area contributed by atoms with Gasteiger partial charge < -0.3 is 28.3 Å². The van der Waals surface area contributed by atoms with E-state index >= 15 is 0 Å². The van der Waals surface area contributed by atoms with E-state index in [1.165, 1.54) is 0 Å². The van der Waals surface area contributed by atoms with Gasteiger partial charge in [-0.05, 0) is 84.4 Å². The maximum atomic E-state index is 11.9. The van der Waals surface area contributed by atoms with E-state index in [0.717, 1.165) is 25.7 Å². The van der Waals surface area contributed by atoms with Crippen molar-refractivity contribution in [2.24, 2.45) is 0 Å². The van der Waals surface area contributed by atoms with Crippen molar-refractivity contribution in [1.82, 2.24) is 0 Å². The molecule has 0 N–H and O–H groups in total. The van der Waals surface area contributed by atoms with Crippen LogP contribution in [0.25, 0.3) is 0 Å². The standard InChI is InChI=1S/C27H25O8P.2Na/c1-3-5-7-9-10-11-12-13-14-15-16-18-19-21-26(28)33-23-25(24-34-36(30,31)32)35-27(29)22-20-17-8-6-4-2;;/h25H,4,6,8,17,20,22-24H2,1-2H3,(H2,30,31,32);;/q;2*+1/p-2/t25-;;/m0../s1. The fourth-order valence-electron chi connectivity index (χ4n) is 2.07. The normalized spacial score (nSPS) is 8.84. The second-order valence-electron chi connectivity index (χ2n) is 6.49. The maximum absolute atomic E-state index is 11.9. The van der Waals surface area contributed by atoms with Crippen LogP contribution in [0.3, 0.4) is 0 Å². The van der Waals surface area contributed by atoms with Gasteiger partial charge in [-0.1, -0.05) is 38.5 Å². The Labute approximate surface area is 269 Å². The fraction of sp³-hybridized carbons (Fsp3) is 0.407. The first-order chi connectivity index (χ1) is 17.3. The molecule has 0 aliphatic carbocycles. The van der Waals surface area contributed by atoms with Gasteiger partial charge in [-0.2, -0.15) is 0 Å². The first kappa shape index (κ1) is 40.5. The molecule has 0 unspecified atom stereocenters. The Balaban J connectivity index is -0.00000612. The molecule has 0 fully saturated rings. The predicted octanol–water partition coefficient (Wildman–Crippen LogP) is -5.30. The van der Waals surface area contributed by atoms with Gasteiger partial charge in [-0.25, -0.2) is 4.79 Å². The third-order valence-electron chi connectivity index (χ3n) is 3.58. The van der Waals surface area contributed by atoms with E-state index in [1.54, 1.807) is 6.92 Å². The molecular weight excluding hydrogens is 529 g/mol. The Bertz CT molecular complexity index is 1240. The third kappa shape index (κ3) is 30.2. The number of hydrogen-bond donors (Lipinski definition) is 0. The molecule has 0 saturated heterocycles. The van der Waals surface area contributed by atoms with Crippen molar-refractivity contribution >= 4 is 19.8 Å². The number of carbonyl (C=O) groups is 2. The third-order valence-corrected chi connectivity index (χ3v) is 4.04. The van der Waals surface area contributed by atoms with Crippen LogP contribution in [0.4, 0.5) is 0 Å². The summed E-state index contributed by atoms with van der Waals surface area (Å²) >= 11 is 0. The van der Waals surface area contributed by atoms with Crippen LogP contribution in [-0.2, 0) is 28.2 Å². The number of rotatable bonds is 12. The van der Waals surface area contributed by atoms with Gasteiger partial charge in [0.15, 0.2) is 6.10 Å². The summed E-state index contributed by atoms with van der Waals surface area (Å²) in [5, 5.41) is 0. The van der Waals surface area contributed by atoms with Crippen LogP contribution >= 0.6 is 7.82 Å². The van der Waals surface area contributed by atoms with Gasteiger partial charge in [0.1, 0.15) is 6.61 Å². The summed E-state index contributed by atoms with van der Waals surface area (Å²) < 4.78 is 24.7. The van der Waals surface area contributed by atoms with Gasteiger partial charge in [-0.3, -0.25) is 4.79 Å². The molecule has 0 rings (SSSR count). The predicted molar refractivity (Wildman–Crippen MR) is 128 cm³/mol. The van der Waals surface area contributed by atoms with Crippen LogP contribution in [0.1, 0.15) is 52.4 Å². The molecule has 0 saturated carbocycles. The SMILES string of the molecule is CC#CC#CC#CC#CC#CC#CC#CC(=O)OC[C@@H](COP(=O)([O-])[O-])OC(=O)CCCCCCC.[Na+].[Na+]. The average Bonchev–Trinajstić information content (AvgIpc) is 2.83. The van der Waals surface area contributed by atoms with Crippen LogP contribution in [-0.4, -0.2) is 31.3 Å². The molecule has 0 spiro atoms. The molecular formula is C27H23Na2O8P. The van der Waals surface area contributed by atoms with E-state index in [-0.39, 0.29) is 65.5 Å². The molecule has 0 aliphatic rings. The van der Waals surface area contributed by atoms with Crippen molar-refractivity contribution in [3.05, 3.63) is 0 Å². The molecule has 0 radical (unpaired) electrons. The second-order valence-corrected chi connectivity index (χ2v) is 7.65. The van der Waals surface area contributed by atoms with Crippen molar-refractivity contribution in [3.8, 4) is 82.9 Å². The summed E-state index contributed by atoms with van der Waals surface area (Å²) in [6.07, 6.45) is 3.30. The van der Waals surface area contributed by atoms with E-state index in [9.17, 15) is 23.9 Å². The van der Waals surface area contributed by atoms with Gasteiger partial charge in [0.2, 0.25) is 0 Å². The molecule has 11 heteroatoms. The largest absolute Gasteiger partial charge is 1.00 e. The zero-order valence-corrected chi connectivity index (χ0v) is 26.8. The number of phosphoric ester groups is 1. The molecule has 0 aromatic rings. The maximum Gasteiger partial charge on any atom is 1.00 e. The minimum Gasteiger partial charge on any atom is -0.790 e. The van der Waals surface area contributed by atoms with Crippen molar-refractivity contribution < 1.29 is 97.1 Å². The zero-order valence-electron chi connectivity index (χ0n) is 21.9. The molecule has 0 bridgehead atoms. The van der Waals surface area contributed by atoms with Gasteiger partial charge in [0.05, 0.1) is 14.4 Å². The number of hydrogen-bond acceptors (Lipinski definition) is 8. The Kier molecular flexibility index (Phi) is 29.8. The summed E-state index contributed by atoms with van der Waals surface area (Å²) in [5.74, 6) is 31.8. The number of ether oxygens (including phenoxy) is 2. The molecule has 186 valence electrons. The molecule has 0 heterocycles. The first-order valence-electron chi connectivity index (χ1n) is 10.7. The smallest absolute Gasteiger partial charge is 0.790 e. The fourth-order valence-corrected chi connectivity index (χ4v) is 2.42. The zero-order chi connectivity index (χ0) is 26.9. The average molecular weight is 552 g/mol. The van der Waals surface area contributed by atoms with Crippen molar-refractivity contribution in [2.75, 3.05) is 13.2 Å². The molecule has 1 atom stereocenters. The molecule has 0 aromatic heterocycles. The molecule has 38 heavy (non-hydrogen) atoms. The number of phosphoric acid groups is 1. The Morgan fingerprint density at radius 3 is 1.76 bits per heavy atom. The van der Waals surface area contributed by atoms with E-state index in [1.807, 2.05) is 0 Å².